The van der Waals surface area contributed by atoms with Crippen molar-refractivity contribution in [2.24, 2.45) is 5.10 Å². The third kappa shape index (κ3) is 13.3. The number of ether oxygens (including phenoxy) is 3. The first-order valence-corrected chi connectivity index (χ1v) is 14.5. The molecule has 0 saturated carbocycles. The lowest BCUT2D eigenvalue weighted by Crippen LogP contribution is -2.16. The second kappa shape index (κ2) is 19.7. The first-order chi connectivity index (χ1) is 19.1. The molecule has 214 valence electrons. The molecule has 0 aliphatic rings. The molecule has 0 aromatic heterocycles. The van der Waals surface area contributed by atoms with Gasteiger partial charge in [-0.2, -0.15) is 5.10 Å². The molecule has 39 heavy (non-hydrogen) atoms. The SMILES string of the molecule is CCCCCCCCCCCCCC(=O)NN=Cc1ccc(OC(=O)c2ccc(OCCC)cc2)c(OC)c1. The number of nitrogens with one attached hydrogen (secondary N) is 1. The van der Waals surface area contributed by atoms with Gasteiger partial charge in [0.25, 0.3) is 0 Å². The number of carbonyl (C=O) groups is 2. The Hall–Kier alpha value is -3.35. The van der Waals surface area contributed by atoms with Gasteiger partial charge in [-0.3, -0.25) is 4.79 Å². The van der Waals surface area contributed by atoms with Crippen LogP contribution in [0.15, 0.2) is 47.6 Å². The normalized spacial score (nSPS) is 10.9. The summed E-state index contributed by atoms with van der Waals surface area (Å²) in [5.74, 6) is 0.812. The zero-order valence-electron chi connectivity index (χ0n) is 24.0. The van der Waals surface area contributed by atoms with E-state index in [0.29, 0.717) is 41.4 Å². The van der Waals surface area contributed by atoms with Crippen LogP contribution in [-0.2, 0) is 4.79 Å². The van der Waals surface area contributed by atoms with Crippen molar-refractivity contribution in [3.63, 3.8) is 0 Å². The Bertz CT molecular complexity index is 1000. The highest BCUT2D eigenvalue weighted by Gasteiger charge is 2.13. The molecule has 0 aliphatic heterocycles. The van der Waals surface area contributed by atoms with Gasteiger partial charge in [0.1, 0.15) is 5.75 Å². The minimum Gasteiger partial charge on any atom is -0.494 e. The summed E-state index contributed by atoms with van der Waals surface area (Å²) in [4.78, 5) is 24.6. The fourth-order valence-corrected chi connectivity index (χ4v) is 4.10. The second-order valence-corrected chi connectivity index (χ2v) is 9.75. The largest absolute Gasteiger partial charge is 0.494 e. The molecule has 1 amide bonds. The molecule has 0 radical (unpaired) electrons. The summed E-state index contributed by atoms with van der Waals surface area (Å²) in [6, 6.07) is 11.9. The van der Waals surface area contributed by atoms with E-state index < -0.39 is 5.97 Å². The van der Waals surface area contributed by atoms with Crippen LogP contribution in [0, 0.1) is 0 Å². The Balaban J connectivity index is 1.69. The van der Waals surface area contributed by atoms with Crippen LogP contribution < -0.4 is 19.6 Å². The van der Waals surface area contributed by atoms with Crippen molar-refractivity contribution in [1.29, 1.82) is 0 Å². The van der Waals surface area contributed by atoms with E-state index in [9.17, 15) is 9.59 Å². The van der Waals surface area contributed by atoms with E-state index in [4.69, 9.17) is 14.2 Å². The maximum atomic E-state index is 12.6. The number of hydrogen-bond acceptors (Lipinski definition) is 6. The number of methoxy groups -OCH3 is 1. The second-order valence-electron chi connectivity index (χ2n) is 9.75. The van der Waals surface area contributed by atoms with Crippen LogP contribution in [0.3, 0.4) is 0 Å². The maximum absolute atomic E-state index is 12.6. The highest BCUT2D eigenvalue weighted by molar-refractivity contribution is 5.91. The van der Waals surface area contributed by atoms with Crippen molar-refractivity contribution in [1.82, 2.24) is 5.43 Å². The summed E-state index contributed by atoms with van der Waals surface area (Å²) in [6.45, 7) is 4.91. The molecular formula is C32H46N2O5. The first-order valence-electron chi connectivity index (χ1n) is 14.5. The van der Waals surface area contributed by atoms with E-state index in [-0.39, 0.29) is 5.91 Å². The Morgan fingerprint density at radius 3 is 2.05 bits per heavy atom. The molecule has 7 heteroatoms. The predicted molar refractivity (Wildman–Crippen MR) is 157 cm³/mol. The fourth-order valence-electron chi connectivity index (χ4n) is 4.10. The molecule has 1 N–H and O–H groups in total. The summed E-state index contributed by atoms with van der Waals surface area (Å²) in [6.07, 6.45) is 16.7. The number of unbranched alkanes of at least 4 members (excludes halogenated alkanes) is 10. The molecule has 0 atom stereocenters. The van der Waals surface area contributed by atoms with Gasteiger partial charge in [-0.25, -0.2) is 10.2 Å². The highest BCUT2D eigenvalue weighted by Crippen LogP contribution is 2.28. The van der Waals surface area contributed by atoms with Gasteiger partial charge in [0.2, 0.25) is 5.91 Å². The molecule has 0 saturated heterocycles. The molecule has 0 fully saturated rings. The molecule has 0 aliphatic carbocycles. The Kier molecular flexibility index (Phi) is 16.1. The molecular weight excluding hydrogens is 492 g/mol. The van der Waals surface area contributed by atoms with Gasteiger partial charge in [0.05, 0.1) is 25.5 Å². The minimum absolute atomic E-state index is 0.0918. The van der Waals surface area contributed by atoms with Crippen LogP contribution in [0.4, 0.5) is 0 Å². The zero-order chi connectivity index (χ0) is 28.1. The number of carbonyl (C=O) groups excluding carboxylic acids is 2. The summed E-state index contributed by atoms with van der Waals surface area (Å²) in [7, 11) is 1.50. The van der Waals surface area contributed by atoms with Gasteiger partial charge in [-0.1, -0.05) is 78.1 Å². The van der Waals surface area contributed by atoms with E-state index in [1.807, 2.05) is 6.92 Å². The molecule has 0 unspecified atom stereocenters. The van der Waals surface area contributed by atoms with Crippen molar-refractivity contribution < 1.29 is 23.8 Å². The van der Waals surface area contributed by atoms with Crippen LogP contribution in [0.1, 0.15) is 113 Å². The van der Waals surface area contributed by atoms with Crippen molar-refractivity contribution in [2.75, 3.05) is 13.7 Å². The van der Waals surface area contributed by atoms with Crippen molar-refractivity contribution in [3.05, 3.63) is 53.6 Å². The number of hydrazone groups is 1. The lowest BCUT2D eigenvalue weighted by atomic mass is 10.1. The number of amides is 1. The van der Waals surface area contributed by atoms with E-state index in [0.717, 1.165) is 19.3 Å². The van der Waals surface area contributed by atoms with Gasteiger partial charge in [-0.15, -0.1) is 0 Å². The smallest absolute Gasteiger partial charge is 0.343 e. The number of nitrogens with zero attached hydrogens (tertiary/aromatic N) is 1. The topological polar surface area (TPSA) is 86.2 Å². The number of rotatable bonds is 20. The van der Waals surface area contributed by atoms with Crippen LogP contribution in [-0.4, -0.2) is 31.8 Å². The summed E-state index contributed by atoms with van der Waals surface area (Å²) >= 11 is 0. The van der Waals surface area contributed by atoms with Crippen LogP contribution in [0.5, 0.6) is 17.2 Å². The molecule has 0 bridgehead atoms. The Labute approximate surface area is 234 Å². The summed E-state index contributed by atoms with van der Waals surface area (Å²) < 4.78 is 16.5. The molecule has 0 spiro atoms. The molecule has 2 rings (SSSR count). The van der Waals surface area contributed by atoms with Crippen molar-refractivity contribution in [3.8, 4) is 17.2 Å². The lowest BCUT2D eigenvalue weighted by Gasteiger charge is -2.10. The summed E-state index contributed by atoms with van der Waals surface area (Å²) in [5.41, 5.74) is 3.70. The monoisotopic (exact) mass is 538 g/mol. The van der Waals surface area contributed by atoms with Gasteiger partial charge in [0, 0.05) is 6.42 Å². The van der Waals surface area contributed by atoms with E-state index in [2.05, 4.69) is 17.5 Å². The number of hydrogen-bond donors (Lipinski definition) is 1. The van der Waals surface area contributed by atoms with Gasteiger partial charge in [0.15, 0.2) is 11.5 Å². The number of esters is 1. The molecule has 2 aromatic rings. The minimum atomic E-state index is -0.494. The molecule has 0 heterocycles. The van der Waals surface area contributed by atoms with Crippen molar-refractivity contribution in [2.45, 2.75) is 97.3 Å². The molecule has 2 aromatic carbocycles. The lowest BCUT2D eigenvalue weighted by molar-refractivity contribution is -0.121. The average molecular weight is 539 g/mol. The summed E-state index contributed by atoms with van der Waals surface area (Å²) in [5, 5.41) is 4.05. The van der Waals surface area contributed by atoms with Gasteiger partial charge >= 0.3 is 5.97 Å². The maximum Gasteiger partial charge on any atom is 0.343 e. The van der Waals surface area contributed by atoms with Crippen LogP contribution in [0.25, 0.3) is 0 Å². The number of benzene rings is 2. The van der Waals surface area contributed by atoms with Gasteiger partial charge < -0.3 is 14.2 Å². The Morgan fingerprint density at radius 1 is 0.795 bits per heavy atom. The first kappa shape index (κ1) is 31.9. The fraction of sp³-hybridized carbons (Fsp3) is 0.531. The van der Waals surface area contributed by atoms with Crippen LogP contribution in [0.2, 0.25) is 0 Å². The highest BCUT2D eigenvalue weighted by atomic mass is 16.6. The Morgan fingerprint density at radius 2 is 1.44 bits per heavy atom. The zero-order valence-corrected chi connectivity index (χ0v) is 24.0. The van der Waals surface area contributed by atoms with Crippen molar-refractivity contribution >= 4 is 18.1 Å². The van der Waals surface area contributed by atoms with E-state index in [1.54, 1.807) is 48.7 Å². The van der Waals surface area contributed by atoms with Crippen LogP contribution >= 0.6 is 0 Å². The van der Waals surface area contributed by atoms with Gasteiger partial charge in [-0.05, 0) is 60.9 Å². The third-order valence-corrected chi connectivity index (χ3v) is 6.36. The quantitative estimate of drug-likeness (QED) is 0.0610. The molecule has 7 nitrogen and oxygen atoms in total. The average Bonchev–Trinajstić information content (AvgIpc) is 2.95. The van der Waals surface area contributed by atoms with E-state index in [1.165, 1.54) is 64.9 Å². The van der Waals surface area contributed by atoms with E-state index >= 15 is 0 Å². The third-order valence-electron chi connectivity index (χ3n) is 6.36. The standard InChI is InChI=1S/C32H46N2O5/c1-4-6-7-8-9-10-11-12-13-14-15-16-31(35)34-33-25-26-17-22-29(30(24-26)37-3)39-32(36)27-18-20-28(21-19-27)38-23-5-2/h17-22,24-25H,4-16,23H2,1-3H3,(H,34,35). The predicted octanol–water partition coefficient (Wildman–Crippen LogP) is 7.85.